The van der Waals surface area contributed by atoms with Crippen LogP contribution in [0.25, 0.3) is 0 Å². The Bertz CT molecular complexity index is 354. The summed E-state index contributed by atoms with van der Waals surface area (Å²) in [6.45, 7) is 0. The molecule has 1 aliphatic heterocycles. The summed E-state index contributed by atoms with van der Waals surface area (Å²) in [5, 5.41) is 5.92. The van der Waals surface area contributed by atoms with Gasteiger partial charge in [0.15, 0.2) is 0 Å². The van der Waals surface area contributed by atoms with Crippen molar-refractivity contribution in [3.8, 4) is 0 Å². The van der Waals surface area contributed by atoms with E-state index in [0.29, 0.717) is 5.92 Å². The zero-order chi connectivity index (χ0) is 11.7. The van der Waals surface area contributed by atoms with Gasteiger partial charge < -0.3 is 0 Å². The molecule has 6 nitrogen and oxygen atoms in total. The van der Waals surface area contributed by atoms with Crippen LogP contribution in [0.4, 0.5) is 4.79 Å². The van der Waals surface area contributed by atoms with Crippen molar-refractivity contribution in [2.75, 3.05) is 21.1 Å². The van der Waals surface area contributed by atoms with Crippen molar-refractivity contribution in [2.45, 2.75) is 19.1 Å². The van der Waals surface area contributed by atoms with Crippen molar-refractivity contribution < 1.29 is 14.4 Å². The second-order valence-corrected chi connectivity index (χ2v) is 4.50. The van der Waals surface area contributed by atoms with Crippen molar-refractivity contribution >= 4 is 18.2 Å². The van der Waals surface area contributed by atoms with E-state index in [9.17, 15) is 4.79 Å². The second kappa shape index (κ2) is 4.11. The monoisotopic (exact) mass is 225 g/mol. The lowest BCUT2D eigenvalue weighted by Crippen LogP contribution is -2.94. The predicted octanol–water partition coefficient (Wildman–Crippen LogP) is -2.30. The molecule has 1 atom stereocenters. The van der Waals surface area contributed by atoms with Crippen LogP contribution in [0.5, 0.6) is 0 Å². The standard InChI is InChI=1S/C10H17N5O/c1-14(2)6-11-9-12-8(7-4-5-7)15(3)10(16)13-9/h6-7,9H,4-5H2,1-3H3,(H,13,16)/p+2/t9-/m0/s1. The van der Waals surface area contributed by atoms with Gasteiger partial charge in [0.1, 0.15) is 0 Å². The van der Waals surface area contributed by atoms with Crippen LogP contribution >= 0.6 is 0 Å². The Morgan fingerprint density at radius 1 is 1.56 bits per heavy atom. The van der Waals surface area contributed by atoms with E-state index in [-0.39, 0.29) is 12.3 Å². The molecule has 1 aliphatic carbocycles. The van der Waals surface area contributed by atoms with E-state index >= 15 is 0 Å². The molecule has 88 valence electrons. The molecule has 2 aliphatic rings. The first kappa shape index (κ1) is 10.9. The van der Waals surface area contributed by atoms with Crippen molar-refractivity contribution in [1.29, 1.82) is 0 Å². The minimum absolute atomic E-state index is 0.0645. The highest BCUT2D eigenvalue weighted by Crippen LogP contribution is 2.30. The molecule has 0 aromatic rings. The molecule has 0 spiro atoms. The Hall–Kier alpha value is -1.59. The first-order valence-corrected chi connectivity index (χ1v) is 5.51. The number of carbonyl (C=O) groups is 1. The van der Waals surface area contributed by atoms with E-state index < -0.39 is 0 Å². The Labute approximate surface area is 95.0 Å². The molecule has 0 radical (unpaired) electrons. The summed E-state index contributed by atoms with van der Waals surface area (Å²) in [4.78, 5) is 16.6. The summed E-state index contributed by atoms with van der Waals surface area (Å²) < 4.78 is 1.89. The molecule has 3 N–H and O–H groups in total. The molecule has 2 rings (SSSR count). The number of hydrogen-bond donors (Lipinski definition) is 3. The fraction of sp³-hybridized carbons (Fsp3) is 0.700. The normalized spacial score (nSPS) is 24.7. The number of rotatable bonds is 3. The molecule has 0 saturated heterocycles. The predicted molar refractivity (Wildman–Crippen MR) is 60.1 cm³/mol. The lowest BCUT2D eigenvalue weighted by molar-refractivity contribution is -0.526. The average Bonchev–Trinajstić information content (AvgIpc) is 3.03. The maximum atomic E-state index is 11.7. The van der Waals surface area contributed by atoms with Crippen molar-refractivity contribution in [2.24, 2.45) is 5.92 Å². The molecule has 0 unspecified atom stereocenters. The van der Waals surface area contributed by atoms with Crippen LogP contribution < -0.4 is 15.6 Å². The quantitative estimate of drug-likeness (QED) is 0.287. The van der Waals surface area contributed by atoms with Gasteiger partial charge in [0.25, 0.3) is 5.84 Å². The molecular formula is C10H19N5O+2. The van der Waals surface area contributed by atoms with Crippen LogP contribution in [0.1, 0.15) is 12.8 Å². The number of amides is 2. The van der Waals surface area contributed by atoms with Gasteiger partial charge >= 0.3 is 12.3 Å². The minimum Gasteiger partial charge on any atom is -0.274 e. The van der Waals surface area contributed by atoms with E-state index in [1.165, 1.54) is 12.8 Å². The Morgan fingerprint density at radius 2 is 2.25 bits per heavy atom. The molecule has 0 aromatic heterocycles. The third-order valence-corrected chi connectivity index (χ3v) is 2.69. The van der Waals surface area contributed by atoms with E-state index in [1.54, 1.807) is 11.9 Å². The number of nitrogens with one attached hydrogen (secondary N) is 3. The maximum absolute atomic E-state index is 11.7. The van der Waals surface area contributed by atoms with Crippen LogP contribution in [-0.4, -0.2) is 55.1 Å². The molecule has 1 fully saturated rings. The highest BCUT2D eigenvalue weighted by atomic mass is 16.2. The summed E-state index contributed by atoms with van der Waals surface area (Å²) in [7, 11) is 5.65. The van der Waals surface area contributed by atoms with Gasteiger partial charge in [0.2, 0.25) is 6.34 Å². The average molecular weight is 225 g/mol. The van der Waals surface area contributed by atoms with Crippen LogP contribution in [0.15, 0.2) is 0 Å². The Morgan fingerprint density at radius 3 is 2.81 bits per heavy atom. The number of carbonyl (C=O) groups excluding carboxylic acids is 1. The number of hydrogen-bond acceptors (Lipinski definition) is 1. The first-order chi connectivity index (χ1) is 7.58. The molecule has 2 amide bonds. The first-order valence-electron chi connectivity index (χ1n) is 5.51. The van der Waals surface area contributed by atoms with Gasteiger partial charge in [0, 0.05) is 0 Å². The fourth-order valence-corrected chi connectivity index (χ4v) is 1.67. The number of nitrogens with zero attached hydrogens (tertiary/aromatic N) is 2. The second-order valence-electron chi connectivity index (χ2n) is 4.50. The zero-order valence-corrected chi connectivity index (χ0v) is 9.95. The van der Waals surface area contributed by atoms with E-state index in [1.807, 2.05) is 25.0 Å². The van der Waals surface area contributed by atoms with Crippen molar-refractivity contribution in [3.63, 3.8) is 0 Å². The molecule has 16 heavy (non-hydrogen) atoms. The third-order valence-electron chi connectivity index (χ3n) is 2.69. The van der Waals surface area contributed by atoms with Crippen LogP contribution in [0, 0.1) is 5.92 Å². The third kappa shape index (κ3) is 2.32. The summed E-state index contributed by atoms with van der Waals surface area (Å²) >= 11 is 0. The molecule has 1 heterocycles. The summed E-state index contributed by atoms with van der Waals surface area (Å²) in [6, 6.07) is -0.0645. The highest BCUT2D eigenvalue weighted by Gasteiger charge is 2.42. The molecule has 6 heteroatoms. The smallest absolute Gasteiger partial charge is 0.274 e. The van der Waals surface area contributed by atoms with Crippen LogP contribution in [0.3, 0.4) is 0 Å². The number of urea groups is 1. The van der Waals surface area contributed by atoms with Gasteiger partial charge in [0.05, 0.1) is 27.1 Å². The lowest BCUT2D eigenvalue weighted by Gasteiger charge is -2.20. The van der Waals surface area contributed by atoms with Gasteiger partial charge in [-0.15, -0.1) is 0 Å². The Kier molecular flexibility index (Phi) is 2.80. The highest BCUT2D eigenvalue weighted by molar-refractivity contribution is 5.97. The van der Waals surface area contributed by atoms with E-state index in [4.69, 9.17) is 0 Å². The van der Waals surface area contributed by atoms with Crippen molar-refractivity contribution in [1.82, 2.24) is 15.5 Å². The largest absolute Gasteiger partial charge is 0.414 e. The van der Waals surface area contributed by atoms with Gasteiger partial charge in [-0.2, -0.15) is 4.90 Å². The fourth-order valence-electron chi connectivity index (χ4n) is 1.67. The van der Waals surface area contributed by atoms with Crippen molar-refractivity contribution in [3.05, 3.63) is 0 Å². The summed E-state index contributed by atoms with van der Waals surface area (Å²) in [5.41, 5.74) is 0. The molecular weight excluding hydrogens is 206 g/mol. The number of amidine groups is 1. The van der Waals surface area contributed by atoms with E-state index in [0.717, 1.165) is 5.84 Å². The SMILES string of the molecule is CN1C(=O)N[C@@H](NC=[N+](C)C)[NH+]=C1C1CC1. The summed E-state index contributed by atoms with van der Waals surface area (Å²) in [5.74, 6) is 1.55. The van der Waals surface area contributed by atoms with Gasteiger partial charge in [-0.25, -0.2) is 20.4 Å². The Balaban J connectivity index is 2.09. The van der Waals surface area contributed by atoms with E-state index in [2.05, 4.69) is 15.6 Å². The molecule has 0 bridgehead atoms. The maximum Gasteiger partial charge on any atom is 0.414 e. The van der Waals surface area contributed by atoms with Crippen LogP contribution in [0.2, 0.25) is 0 Å². The molecule has 1 saturated carbocycles. The zero-order valence-electron chi connectivity index (χ0n) is 9.95. The van der Waals surface area contributed by atoms with Gasteiger partial charge in [-0.3, -0.25) is 4.58 Å². The van der Waals surface area contributed by atoms with Gasteiger partial charge in [-0.05, 0) is 12.8 Å². The van der Waals surface area contributed by atoms with Crippen LogP contribution in [-0.2, 0) is 0 Å². The topological polar surface area (TPSA) is 61.4 Å². The lowest BCUT2D eigenvalue weighted by atomic mass is 10.3. The molecule has 0 aromatic carbocycles. The van der Waals surface area contributed by atoms with Gasteiger partial charge in [-0.1, -0.05) is 0 Å². The summed E-state index contributed by atoms with van der Waals surface area (Å²) in [6.07, 6.45) is 3.93. The minimum atomic E-state index is -0.221.